The van der Waals surface area contributed by atoms with Crippen LogP contribution in [0, 0.1) is 0 Å². The molecule has 0 saturated carbocycles. The van der Waals surface area contributed by atoms with Gasteiger partial charge in [0, 0.05) is 0 Å². The van der Waals surface area contributed by atoms with Crippen molar-refractivity contribution in [3.63, 3.8) is 0 Å². The lowest BCUT2D eigenvalue weighted by Crippen LogP contribution is -1.97. The van der Waals surface area contributed by atoms with Gasteiger partial charge in [0.1, 0.15) is 0 Å². The summed E-state index contributed by atoms with van der Waals surface area (Å²) < 4.78 is 0. The van der Waals surface area contributed by atoms with Crippen molar-refractivity contribution in [3.8, 4) is 0 Å². The lowest BCUT2D eigenvalue weighted by molar-refractivity contribution is 0.599. The molecule has 0 aliphatic carbocycles. The molecule has 2 heteroatoms. The van der Waals surface area contributed by atoms with Crippen LogP contribution in [0.25, 0.3) is 0 Å². The van der Waals surface area contributed by atoms with Crippen molar-refractivity contribution in [2.24, 2.45) is 5.73 Å². The molecule has 0 aliphatic heterocycles. The fourth-order valence-corrected chi connectivity index (χ4v) is 2.39. The largest absolute Gasteiger partial charge is 0.330 e. The Morgan fingerprint density at radius 1 is 0.600 bits per heavy atom. The van der Waals surface area contributed by atoms with E-state index in [2.05, 4.69) is 19.1 Å². The van der Waals surface area contributed by atoms with Crippen LogP contribution in [0.2, 0.25) is 0 Å². The molecule has 0 aromatic heterocycles. The predicted octanol–water partition coefficient (Wildman–Crippen LogP) is 6.10. The summed E-state index contributed by atoms with van der Waals surface area (Å²) in [6.07, 6.45) is 23.9. The van der Waals surface area contributed by atoms with Crippen LogP contribution in [-0.2, 0) is 0 Å². The highest BCUT2D eigenvalue weighted by Gasteiger charge is 1.90. The first kappa shape index (κ1) is 22.3. The molecule has 0 heterocycles. The van der Waals surface area contributed by atoms with E-state index < -0.39 is 0 Å². The summed E-state index contributed by atoms with van der Waals surface area (Å²) in [4.78, 5) is 0. The van der Waals surface area contributed by atoms with Crippen molar-refractivity contribution in [1.29, 1.82) is 0 Å². The minimum atomic E-state index is 0. The molecule has 0 unspecified atom stereocenters. The smallest absolute Gasteiger partial charge is 0.00773 e. The van der Waals surface area contributed by atoms with Crippen LogP contribution < -0.4 is 5.73 Å². The van der Waals surface area contributed by atoms with E-state index in [9.17, 15) is 0 Å². The molecule has 0 radical (unpaired) electrons. The normalized spacial score (nSPS) is 10.9. The van der Waals surface area contributed by atoms with E-state index >= 15 is 0 Å². The monoisotopic (exact) mass is 301 g/mol. The molecule has 0 amide bonds. The molecule has 0 aromatic rings. The van der Waals surface area contributed by atoms with Crippen molar-refractivity contribution in [3.05, 3.63) is 12.2 Å². The second-order valence-corrected chi connectivity index (χ2v) is 5.73. The molecule has 0 bridgehead atoms. The van der Waals surface area contributed by atoms with E-state index in [0.717, 1.165) is 6.54 Å². The van der Waals surface area contributed by atoms with Gasteiger partial charge < -0.3 is 5.73 Å². The highest BCUT2D eigenvalue weighted by molar-refractivity contribution is 7.59. The van der Waals surface area contributed by atoms with Crippen LogP contribution in [0.15, 0.2) is 12.2 Å². The van der Waals surface area contributed by atoms with Gasteiger partial charge in [-0.2, -0.15) is 13.5 Å². The minimum Gasteiger partial charge on any atom is -0.330 e. The second kappa shape index (κ2) is 21.4. The Balaban J connectivity index is 0. The van der Waals surface area contributed by atoms with Gasteiger partial charge in [-0.05, 0) is 38.6 Å². The first-order valence-electron chi connectivity index (χ1n) is 8.77. The molecule has 0 spiro atoms. The van der Waals surface area contributed by atoms with E-state index in [1.807, 2.05) is 0 Å². The Labute approximate surface area is 135 Å². The number of hydrogen-bond donors (Lipinski definition) is 1. The summed E-state index contributed by atoms with van der Waals surface area (Å²) in [5.74, 6) is 0. The summed E-state index contributed by atoms with van der Waals surface area (Å²) in [7, 11) is 0. The Morgan fingerprint density at radius 3 is 1.45 bits per heavy atom. The summed E-state index contributed by atoms with van der Waals surface area (Å²) in [6, 6.07) is 0. The van der Waals surface area contributed by atoms with Crippen molar-refractivity contribution in [2.45, 2.75) is 96.8 Å². The summed E-state index contributed by atoms with van der Waals surface area (Å²) in [5, 5.41) is 0. The summed E-state index contributed by atoms with van der Waals surface area (Å²) in [6.45, 7) is 3.14. The zero-order chi connectivity index (χ0) is 14.0. The van der Waals surface area contributed by atoms with Gasteiger partial charge in [0.25, 0.3) is 0 Å². The average Bonchev–Trinajstić information content (AvgIpc) is 2.43. The number of rotatable bonds is 15. The molecule has 0 saturated heterocycles. The van der Waals surface area contributed by atoms with Gasteiger partial charge in [-0.15, -0.1) is 0 Å². The van der Waals surface area contributed by atoms with E-state index in [-0.39, 0.29) is 13.5 Å². The zero-order valence-electron chi connectivity index (χ0n) is 13.8. The first-order valence-corrected chi connectivity index (χ1v) is 8.77. The van der Waals surface area contributed by atoms with Crippen LogP contribution >= 0.6 is 13.5 Å². The van der Waals surface area contributed by atoms with Crippen LogP contribution in [0.5, 0.6) is 0 Å². The molecule has 122 valence electrons. The maximum absolute atomic E-state index is 5.47. The molecule has 0 atom stereocenters. The summed E-state index contributed by atoms with van der Waals surface area (Å²) in [5.41, 5.74) is 5.47. The Kier molecular flexibility index (Phi) is 23.8. The third kappa shape index (κ3) is 20.4. The van der Waals surface area contributed by atoms with Gasteiger partial charge in [0.05, 0.1) is 0 Å². The first-order chi connectivity index (χ1) is 9.41. The third-order valence-electron chi connectivity index (χ3n) is 3.72. The second-order valence-electron chi connectivity index (χ2n) is 5.73. The highest BCUT2D eigenvalue weighted by Crippen LogP contribution is 2.09. The van der Waals surface area contributed by atoms with E-state index in [4.69, 9.17) is 5.73 Å². The molecule has 0 rings (SSSR count). The topological polar surface area (TPSA) is 26.0 Å². The van der Waals surface area contributed by atoms with E-state index in [0.29, 0.717) is 0 Å². The Bertz CT molecular complexity index is 180. The molecule has 2 N–H and O–H groups in total. The van der Waals surface area contributed by atoms with Crippen molar-refractivity contribution < 1.29 is 0 Å². The van der Waals surface area contributed by atoms with Crippen molar-refractivity contribution in [2.75, 3.05) is 6.54 Å². The minimum absolute atomic E-state index is 0. The maximum Gasteiger partial charge on any atom is -0.00773 e. The zero-order valence-corrected chi connectivity index (χ0v) is 14.8. The van der Waals surface area contributed by atoms with Gasteiger partial charge >= 0.3 is 0 Å². The standard InChI is InChI=1S/C18H37N.H2S/c1-2-3-4-5-6-7-8-9-10-11-12-13-14-15-16-17-18-19;/h9-10H,2-8,11-19H2,1H3;1H2/b10-9-;. The van der Waals surface area contributed by atoms with Gasteiger partial charge in [0.15, 0.2) is 0 Å². The number of allylic oxidation sites excluding steroid dienone is 2. The van der Waals surface area contributed by atoms with Crippen molar-refractivity contribution >= 4 is 13.5 Å². The fourth-order valence-electron chi connectivity index (χ4n) is 2.39. The molecule has 20 heavy (non-hydrogen) atoms. The van der Waals surface area contributed by atoms with Crippen LogP contribution in [0.1, 0.15) is 96.8 Å². The van der Waals surface area contributed by atoms with E-state index in [1.165, 1.54) is 89.9 Å². The molecular formula is C18H39NS. The molecule has 0 aromatic carbocycles. The van der Waals surface area contributed by atoms with Gasteiger partial charge in [0.2, 0.25) is 0 Å². The number of hydrogen-bond acceptors (Lipinski definition) is 1. The quantitative estimate of drug-likeness (QED) is 0.287. The van der Waals surface area contributed by atoms with Crippen LogP contribution in [-0.4, -0.2) is 6.54 Å². The Hall–Kier alpha value is 0.0500. The molecule has 1 nitrogen and oxygen atoms in total. The third-order valence-corrected chi connectivity index (χ3v) is 3.72. The number of nitrogens with two attached hydrogens (primary N) is 1. The molecular weight excluding hydrogens is 262 g/mol. The van der Waals surface area contributed by atoms with Crippen molar-refractivity contribution in [1.82, 2.24) is 0 Å². The lowest BCUT2D eigenvalue weighted by atomic mass is 10.1. The fraction of sp³-hybridized carbons (Fsp3) is 0.889. The summed E-state index contributed by atoms with van der Waals surface area (Å²) >= 11 is 0. The van der Waals surface area contributed by atoms with E-state index in [1.54, 1.807) is 0 Å². The van der Waals surface area contributed by atoms with Gasteiger partial charge in [-0.3, -0.25) is 0 Å². The maximum atomic E-state index is 5.47. The predicted molar refractivity (Wildman–Crippen MR) is 98.9 cm³/mol. The Morgan fingerprint density at radius 2 is 1.00 bits per heavy atom. The highest BCUT2D eigenvalue weighted by atomic mass is 32.1. The molecule has 0 aliphatic rings. The number of unbranched alkanes of at least 4 members (excludes halogenated alkanes) is 12. The lowest BCUT2D eigenvalue weighted by Gasteiger charge is -1.99. The van der Waals surface area contributed by atoms with Gasteiger partial charge in [-0.25, -0.2) is 0 Å². The molecule has 0 fully saturated rings. The SMILES string of the molecule is CCCCCCCC/C=C\CCCCCCCCN.S. The average molecular weight is 302 g/mol. The van der Waals surface area contributed by atoms with Crippen LogP contribution in [0.4, 0.5) is 0 Å². The van der Waals surface area contributed by atoms with Crippen LogP contribution in [0.3, 0.4) is 0 Å². The van der Waals surface area contributed by atoms with Gasteiger partial charge in [-0.1, -0.05) is 76.9 Å².